The Morgan fingerprint density at radius 1 is 0.844 bits per heavy atom. The Hall–Kier alpha value is -3.78. The van der Waals surface area contributed by atoms with Crippen LogP contribution in [-0.4, -0.2) is 24.9 Å². The second-order valence-corrected chi connectivity index (χ2v) is 7.98. The van der Waals surface area contributed by atoms with Crippen LogP contribution < -0.4 is 0 Å². The maximum absolute atomic E-state index is 13.2. The van der Waals surface area contributed by atoms with Gasteiger partial charge in [-0.2, -0.15) is 4.98 Å². The molecule has 0 bridgehead atoms. The van der Waals surface area contributed by atoms with Gasteiger partial charge in [0.15, 0.2) is 5.16 Å². The standard InChI is InChI=1S/C24H18FN5OS/c25-19-13-11-18(12-14-19)23-26-22(31-29-23)16-32-24-28-27-21(15-17-7-3-1-4-8-17)30(24)20-9-5-2-6-10-20/h1-14H,15-16H2. The van der Waals surface area contributed by atoms with Crippen molar-refractivity contribution in [3.8, 4) is 17.1 Å². The third-order valence-electron chi connectivity index (χ3n) is 4.82. The van der Waals surface area contributed by atoms with Gasteiger partial charge < -0.3 is 4.52 Å². The van der Waals surface area contributed by atoms with Crippen LogP contribution in [0.15, 0.2) is 94.6 Å². The first-order valence-electron chi connectivity index (χ1n) is 10.0. The zero-order valence-electron chi connectivity index (χ0n) is 16.9. The first-order valence-corrected chi connectivity index (χ1v) is 11.0. The van der Waals surface area contributed by atoms with Gasteiger partial charge in [-0.3, -0.25) is 4.57 Å². The Morgan fingerprint density at radius 3 is 2.31 bits per heavy atom. The number of halogens is 1. The van der Waals surface area contributed by atoms with Crippen molar-refractivity contribution in [3.05, 3.63) is 108 Å². The van der Waals surface area contributed by atoms with Crippen molar-refractivity contribution in [3.63, 3.8) is 0 Å². The molecule has 0 fully saturated rings. The van der Waals surface area contributed by atoms with E-state index in [2.05, 4.69) is 37.0 Å². The third-order valence-corrected chi connectivity index (χ3v) is 5.73. The van der Waals surface area contributed by atoms with Gasteiger partial charge >= 0.3 is 0 Å². The molecule has 0 spiro atoms. The Morgan fingerprint density at radius 2 is 1.56 bits per heavy atom. The van der Waals surface area contributed by atoms with Crippen LogP contribution in [0.5, 0.6) is 0 Å². The lowest BCUT2D eigenvalue weighted by Gasteiger charge is -2.09. The fourth-order valence-electron chi connectivity index (χ4n) is 3.28. The second kappa shape index (κ2) is 9.15. The van der Waals surface area contributed by atoms with Gasteiger partial charge in [-0.05, 0) is 42.0 Å². The van der Waals surface area contributed by atoms with Gasteiger partial charge in [0.1, 0.15) is 11.6 Å². The number of nitrogens with zero attached hydrogens (tertiary/aromatic N) is 5. The van der Waals surface area contributed by atoms with E-state index in [1.54, 1.807) is 12.1 Å². The molecule has 5 aromatic rings. The summed E-state index contributed by atoms with van der Waals surface area (Å²) in [6, 6.07) is 26.2. The summed E-state index contributed by atoms with van der Waals surface area (Å²) in [7, 11) is 0. The summed E-state index contributed by atoms with van der Waals surface area (Å²) in [5.41, 5.74) is 2.85. The van der Waals surface area contributed by atoms with Crippen molar-refractivity contribution in [2.45, 2.75) is 17.3 Å². The van der Waals surface area contributed by atoms with Gasteiger partial charge in [-0.25, -0.2) is 4.39 Å². The second-order valence-electron chi connectivity index (χ2n) is 7.04. The lowest BCUT2D eigenvalue weighted by Crippen LogP contribution is -2.03. The normalized spacial score (nSPS) is 11.0. The lowest BCUT2D eigenvalue weighted by atomic mass is 10.1. The molecular formula is C24H18FN5OS. The molecule has 6 nitrogen and oxygen atoms in total. The molecule has 0 aliphatic rings. The average molecular weight is 444 g/mol. The summed E-state index contributed by atoms with van der Waals surface area (Å²) in [5.74, 6) is 1.86. The number of benzene rings is 3. The molecule has 0 radical (unpaired) electrons. The fourth-order valence-corrected chi connectivity index (χ4v) is 4.09. The Kier molecular flexibility index (Phi) is 5.76. The highest BCUT2D eigenvalue weighted by Gasteiger charge is 2.17. The molecule has 3 aromatic carbocycles. The van der Waals surface area contributed by atoms with Crippen LogP contribution in [-0.2, 0) is 12.2 Å². The molecule has 8 heteroatoms. The molecule has 0 unspecified atom stereocenters. The summed E-state index contributed by atoms with van der Waals surface area (Å²) in [4.78, 5) is 4.42. The highest BCUT2D eigenvalue weighted by Crippen LogP contribution is 2.27. The van der Waals surface area contributed by atoms with E-state index in [0.29, 0.717) is 29.5 Å². The minimum atomic E-state index is -0.306. The molecule has 158 valence electrons. The summed E-state index contributed by atoms with van der Waals surface area (Å²) >= 11 is 1.47. The summed E-state index contributed by atoms with van der Waals surface area (Å²) < 4.78 is 20.6. The number of aromatic nitrogens is 5. The molecule has 0 aliphatic carbocycles. The zero-order valence-corrected chi connectivity index (χ0v) is 17.7. The number of para-hydroxylation sites is 1. The Balaban J connectivity index is 1.38. The van der Waals surface area contributed by atoms with E-state index in [1.807, 2.05) is 48.5 Å². The van der Waals surface area contributed by atoms with Gasteiger partial charge in [0.05, 0.1) is 5.75 Å². The van der Waals surface area contributed by atoms with Gasteiger partial charge in [0.25, 0.3) is 0 Å². The SMILES string of the molecule is Fc1ccc(-c2noc(CSc3nnc(Cc4ccccc4)n3-c3ccccc3)n2)cc1. The van der Waals surface area contributed by atoms with E-state index in [9.17, 15) is 4.39 Å². The molecule has 5 rings (SSSR count). The first kappa shape index (κ1) is 20.1. The van der Waals surface area contributed by atoms with Crippen LogP contribution in [0.25, 0.3) is 17.1 Å². The predicted octanol–water partition coefficient (Wildman–Crippen LogP) is 5.34. The molecule has 0 saturated heterocycles. The zero-order chi connectivity index (χ0) is 21.8. The fraction of sp³-hybridized carbons (Fsp3) is 0.0833. The van der Waals surface area contributed by atoms with Crippen LogP contribution in [0.1, 0.15) is 17.3 Å². The predicted molar refractivity (Wildman–Crippen MR) is 120 cm³/mol. The first-order chi connectivity index (χ1) is 15.8. The average Bonchev–Trinajstić information content (AvgIpc) is 3.47. The lowest BCUT2D eigenvalue weighted by molar-refractivity contribution is 0.391. The molecule has 0 amide bonds. The van der Waals surface area contributed by atoms with E-state index < -0.39 is 0 Å². The highest BCUT2D eigenvalue weighted by molar-refractivity contribution is 7.98. The molecule has 2 aromatic heterocycles. The smallest absolute Gasteiger partial charge is 0.237 e. The van der Waals surface area contributed by atoms with Gasteiger partial charge in [-0.1, -0.05) is 65.4 Å². The van der Waals surface area contributed by atoms with Crippen LogP contribution in [0.2, 0.25) is 0 Å². The van der Waals surface area contributed by atoms with Crippen molar-refractivity contribution in [2.24, 2.45) is 0 Å². The Bertz CT molecular complexity index is 1300. The maximum atomic E-state index is 13.2. The molecular weight excluding hydrogens is 425 g/mol. The van der Waals surface area contributed by atoms with Gasteiger partial charge in [0.2, 0.25) is 11.7 Å². The molecule has 2 heterocycles. The minimum absolute atomic E-state index is 0.306. The van der Waals surface area contributed by atoms with E-state index in [-0.39, 0.29) is 5.82 Å². The summed E-state index contributed by atoms with van der Waals surface area (Å²) in [6.45, 7) is 0. The highest BCUT2D eigenvalue weighted by atomic mass is 32.2. The van der Waals surface area contributed by atoms with E-state index in [0.717, 1.165) is 22.2 Å². The topological polar surface area (TPSA) is 69.6 Å². The molecule has 0 saturated carbocycles. The van der Waals surface area contributed by atoms with E-state index >= 15 is 0 Å². The monoisotopic (exact) mass is 443 g/mol. The van der Waals surface area contributed by atoms with Crippen LogP contribution in [0.3, 0.4) is 0 Å². The van der Waals surface area contributed by atoms with E-state index in [1.165, 1.54) is 23.9 Å². The largest absolute Gasteiger partial charge is 0.338 e. The van der Waals surface area contributed by atoms with Crippen molar-refractivity contribution >= 4 is 11.8 Å². The van der Waals surface area contributed by atoms with Crippen molar-refractivity contribution in [2.75, 3.05) is 0 Å². The van der Waals surface area contributed by atoms with Gasteiger partial charge in [-0.15, -0.1) is 10.2 Å². The van der Waals surface area contributed by atoms with Crippen LogP contribution in [0.4, 0.5) is 4.39 Å². The number of rotatable bonds is 7. The number of hydrogen-bond acceptors (Lipinski definition) is 6. The molecule has 0 aliphatic heterocycles. The Labute approximate surface area is 188 Å². The maximum Gasteiger partial charge on any atom is 0.237 e. The summed E-state index contributed by atoms with van der Waals surface area (Å²) in [5, 5.41) is 13.6. The van der Waals surface area contributed by atoms with E-state index in [4.69, 9.17) is 4.52 Å². The van der Waals surface area contributed by atoms with Gasteiger partial charge in [0, 0.05) is 17.7 Å². The molecule has 32 heavy (non-hydrogen) atoms. The number of hydrogen-bond donors (Lipinski definition) is 0. The van der Waals surface area contributed by atoms with Crippen molar-refractivity contribution in [1.29, 1.82) is 0 Å². The third kappa shape index (κ3) is 4.45. The minimum Gasteiger partial charge on any atom is -0.338 e. The summed E-state index contributed by atoms with van der Waals surface area (Å²) in [6.07, 6.45) is 0.665. The van der Waals surface area contributed by atoms with Crippen molar-refractivity contribution < 1.29 is 8.91 Å². The molecule has 0 atom stereocenters. The quantitative estimate of drug-likeness (QED) is 0.316. The van der Waals surface area contributed by atoms with Crippen LogP contribution >= 0.6 is 11.8 Å². The van der Waals surface area contributed by atoms with Crippen LogP contribution in [0, 0.1) is 5.82 Å². The van der Waals surface area contributed by atoms with Crippen molar-refractivity contribution in [1.82, 2.24) is 24.9 Å². The number of thioether (sulfide) groups is 1. The molecule has 0 N–H and O–H groups in total.